The van der Waals surface area contributed by atoms with Crippen LogP contribution in [0.3, 0.4) is 0 Å². The van der Waals surface area contributed by atoms with E-state index in [2.05, 4.69) is 0 Å². The lowest BCUT2D eigenvalue weighted by atomic mass is 9.95. The Morgan fingerprint density at radius 3 is 2.61 bits per heavy atom. The highest BCUT2D eigenvalue weighted by atomic mass is 16.3. The van der Waals surface area contributed by atoms with Crippen molar-refractivity contribution in [1.29, 1.82) is 0 Å². The van der Waals surface area contributed by atoms with Crippen LogP contribution in [0.5, 0.6) is 5.75 Å². The van der Waals surface area contributed by atoms with E-state index in [4.69, 9.17) is 4.42 Å². The molecule has 2 aromatic carbocycles. The molecule has 1 aliphatic heterocycles. The number of benzene rings is 2. The van der Waals surface area contributed by atoms with Gasteiger partial charge in [-0.2, -0.15) is 0 Å². The molecule has 0 radical (unpaired) electrons. The fraction of sp³-hybridized carbons (Fsp3) is 0.182. The molecule has 3 aromatic rings. The smallest absolute Gasteiger partial charge is 0.290 e. The minimum Gasteiger partial charge on any atom is -0.508 e. The number of phenolic OH excluding ortho intramolecular Hbond substituents is 1. The first-order valence-electron chi connectivity index (χ1n) is 9.07. The molecule has 0 spiro atoms. The normalized spacial score (nSPS) is 17.0. The van der Waals surface area contributed by atoms with Crippen molar-refractivity contribution in [3.63, 3.8) is 0 Å². The summed E-state index contributed by atoms with van der Waals surface area (Å²) in [6.07, 6.45) is 0.653. The maximum Gasteiger partial charge on any atom is 0.290 e. The van der Waals surface area contributed by atoms with Crippen LogP contribution < -0.4 is 0 Å². The SMILES string of the molecule is CCCN1C(=O)C(O)=C(C(=O)c2cc3ccccc3o2)C1c1cccc(O)c1. The Bertz CT molecular complexity index is 1080. The number of hydrogen-bond donors (Lipinski definition) is 2. The molecular weight excluding hydrogens is 358 g/mol. The highest BCUT2D eigenvalue weighted by Gasteiger charge is 2.44. The van der Waals surface area contributed by atoms with Crippen LogP contribution in [0.2, 0.25) is 0 Å². The van der Waals surface area contributed by atoms with Crippen molar-refractivity contribution >= 4 is 22.7 Å². The number of fused-ring (bicyclic) bond motifs is 1. The summed E-state index contributed by atoms with van der Waals surface area (Å²) in [6, 6.07) is 14.4. The van der Waals surface area contributed by atoms with Crippen LogP contribution in [0.25, 0.3) is 11.0 Å². The summed E-state index contributed by atoms with van der Waals surface area (Å²) >= 11 is 0. The molecule has 142 valence electrons. The van der Waals surface area contributed by atoms with Gasteiger partial charge in [0.25, 0.3) is 5.91 Å². The third-order valence-electron chi connectivity index (χ3n) is 4.85. The molecule has 28 heavy (non-hydrogen) atoms. The summed E-state index contributed by atoms with van der Waals surface area (Å²) in [5.41, 5.74) is 1.06. The number of carbonyl (C=O) groups excluding carboxylic acids is 2. The molecule has 0 saturated heterocycles. The van der Waals surface area contributed by atoms with E-state index in [-0.39, 0.29) is 17.1 Å². The third-order valence-corrected chi connectivity index (χ3v) is 4.85. The first kappa shape index (κ1) is 17.9. The van der Waals surface area contributed by atoms with Crippen molar-refractivity contribution < 1.29 is 24.2 Å². The maximum atomic E-state index is 13.2. The number of amides is 1. The zero-order chi connectivity index (χ0) is 19.8. The number of hydrogen-bond acceptors (Lipinski definition) is 5. The number of furan rings is 1. The van der Waals surface area contributed by atoms with E-state index in [1.54, 1.807) is 30.3 Å². The highest BCUT2D eigenvalue weighted by Crippen LogP contribution is 2.40. The van der Waals surface area contributed by atoms with Gasteiger partial charge in [-0.1, -0.05) is 37.3 Å². The van der Waals surface area contributed by atoms with Crippen molar-refractivity contribution in [2.24, 2.45) is 0 Å². The second-order valence-corrected chi connectivity index (χ2v) is 6.74. The van der Waals surface area contributed by atoms with Gasteiger partial charge in [-0.3, -0.25) is 9.59 Å². The van der Waals surface area contributed by atoms with Crippen molar-refractivity contribution in [2.45, 2.75) is 19.4 Å². The van der Waals surface area contributed by atoms with Gasteiger partial charge < -0.3 is 19.5 Å². The number of phenols is 1. The molecular formula is C22H19NO5. The van der Waals surface area contributed by atoms with Crippen LogP contribution in [0.1, 0.15) is 35.5 Å². The van der Waals surface area contributed by atoms with Crippen molar-refractivity contribution in [3.05, 3.63) is 77.3 Å². The summed E-state index contributed by atoms with van der Waals surface area (Å²) in [7, 11) is 0. The number of para-hydroxylation sites is 1. The lowest BCUT2D eigenvalue weighted by Gasteiger charge is -2.26. The standard InChI is InChI=1S/C22H19NO5/c1-2-10-23-19(14-7-5-8-15(24)11-14)18(21(26)22(23)27)20(25)17-12-13-6-3-4-9-16(13)28-17/h3-9,11-12,19,24,26H,2,10H2,1H3. The van der Waals surface area contributed by atoms with E-state index < -0.39 is 23.5 Å². The van der Waals surface area contributed by atoms with Crippen LogP contribution in [0.4, 0.5) is 0 Å². The Morgan fingerprint density at radius 1 is 1.11 bits per heavy atom. The Hall–Kier alpha value is -3.54. The minimum atomic E-state index is -0.791. The van der Waals surface area contributed by atoms with E-state index in [1.165, 1.54) is 17.0 Å². The first-order valence-corrected chi connectivity index (χ1v) is 9.07. The molecule has 6 nitrogen and oxygen atoms in total. The average molecular weight is 377 g/mol. The van der Waals surface area contributed by atoms with Crippen LogP contribution in [-0.4, -0.2) is 33.3 Å². The molecule has 0 saturated carbocycles. The highest BCUT2D eigenvalue weighted by molar-refractivity contribution is 6.16. The van der Waals surface area contributed by atoms with Gasteiger partial charge in [0.05, 0.1) is 11.6 Å². The van der Waals surface area contributed by atoms with Gasteiger partial charge in [-0.05, 0) is 36.2 Å². The average Bonchev–Trinajstić information content (AvgIpc) is 3.22. The van der Waals surface area contributed by atoms with E-state index in [0.717, 1.165) is 5.39 Å². The third kappa shape index (κ3) is 2.83. The molecule has 1 atom stereocenters. The van der Waals surface area contributed by atoms with E-state index in [9.17, 15) is 19.8 Å². The molecule has 4 rings (SSSR count). The summed E-state index contributed by atoms with van der Waals surface area (Å²) in [5, 5.41) is 21.2. The number of carbonyl (C=O) groups is 2. The summed E-state index contributed by atoms with van der Waals surface area (Å²) in [5.74, 6) is -1.65. The zero-order valence-electron chi connectivity index (χ0n) is 15.3. The molecule has 1 aromatic heterocycles. The van der Waals surface area contributed by atoms with Crippen LogP contribution in [-0.2, 0) is 4.79 Å². The monoisotopic (exact) mass is 377 g/mol. The topological polar surface area (TPSA) is 91.0 Å². The largest absolute Gasteiger partial charge is 0.508 e. The molecule has 1 aliphatic rings. The van der Waals surface area contributed by atoms with Crippen LogP contribution in [0.15, 0.2) is 70.3 Å². The van der Waals surface area contributed by atoms with Gasteiger partial charge in [0, 0.05) is 11.9 Å². The second-order valence-electron chi connectivity index (χ2n) is 6.74. The Balaban J connectivity index is 1.83. The van der Waals surface area contributed by atoms with E-state index >= 15 is 0 Å². The number of rotatable bonds is 5. The molecule has 1 amide bonds. The molecule has 1 unspecified atom stereocenters. The van der Waals surface area contributed by atoms with Gasteiger partial charge in [0.1, 0.15) is 11.3 Å². The number of nitrogens with zero attached hydrogens (tertiary/aromatic N) is 1. The number of aromatic hydroxyl groups is 1. The number of ketones is 1. The zero-order valence-corrected chi connectivity index (χ0v) is 15.3. The van der Waals surface area contributed by atoms with Crippen LogP contribution >= 0.6 is 0 Å². The molecule has 6 heteroatoms. The molecule has 0 aliphatic carbocycles. The Labute approximate surface area is 161 Å². The fourth-order valence-corrected chi connectivity index (χ4v) is 3.63. The molecule has 0 fully saturated rings. The van der Waals surface area contributed by atoms with Gasteiger partial charge >= 0.3 is 0 Å². The second kappa shape index (κ2) is 6.88. The Kier molecular flexibility index (Phi) is 4.39. The minimum absolute atomic E-state index is 0.0170. The number of Topliss-reactive ketones (excluding diaryl/α,β-unsaturated/α-hetero) is 1. The van der Waals surface area contributed by atoms with Crippen molar-refractivity contribution in [2.75, 3.05) is 6.54 Å². The van der Waals surface area contributed by atoms with Gasteiger partial charge in [0.15, 0.2) is 11.5 Å². The molecule has 2 N–H and O–H groups in total. The van der Waals surface area contributed by atoms with E-state index in [1.807, 2.05) is 19.1 Å². The van der Waals surface area contributed by atoms with Gasteiger partial charge in [-0.25, -0.2) is 0 Å². The quantitative estimate of drug-likeness (QED) is 0.653. The fourth-order valence-electron chi connectivity index (χ4n) is 3.63. The maximum absolute atomic E-state index is 13.2. The van der Waals surface area contributed by atoms with Crippen molar-refractivity contribution in [1.82, 2.24) is 4.90 Å². The van der Waals surface area contributed by atoms with Crippen molar-refractivity contribution in [3.8, 4) is 5.75 Å². The first-order chi connectivity index (χ1) is 13.5. The summed E-state index contributed by atoms with van der Waals surface area (Å²) in [6.45, 7) is 2.27. The number of aliphatic hydroxyl groups excluding tert-OH is 1. The molecule has 0 bridgehead atoms. The molecule has 2 heterocycles. The predicted molar refractivity (Wildman–Crippen MR) is 103 cm³/mol. The Morgan fingerprint density at radius 2 is 1.89 bits per heavy atom. The number of aliphatic hydroxyl groups is 1. The van der Waals surface area contributed by atoms with Crippen LogP contribution in [0, 0.1) is 0 Å². The van der Waals surface area contributed by atoms with Gasteiger partial charge in [-0.15, -0.1) is 0 Å². The van der Waals surface area contributed by atoms with Gasteiger partial charge in [0.2, 0.25) is 5.78 Å². The van der Waals surface area contributed by atoms with E-state index in [0.29, 0.717) is 24.1 Å². The lowest BCUT2D eigenvalue weighted by Crippen LogP contribution is -2.31. The summed E-state index contributed by atoms with van der Waals surface area (Å²) < 4.78 is 5.65. The summed E-state index contributed by atoms with van der Waals surface area (Å²) in [4.78, 5) is 27.3. The lowest BCUT2D eigenvalue weighted by molar-refractivity contribution is -0.129. The predicted octanol–water partition coefficient (Wildman–Crippen LogP) is 4.13.